The number of primary amides is 1. The van der Waals surface area contributed by atoms with E-state index in [9.17, 15) is 4.79 Å². The van der Waals surface area contributed by atoms with E-state index in [-0.39, 0.29) is 0 Å². The number of hydrogen-bond donors (Lipinski definition) is 1. The zero-order chi connectivity index (χ0) is 23.5. The fraction of sp³-hybridized carbons (Fsp3) is 0.240. The molecule has 4 aromatic rings. The van der Waals surface area contributed by atoms with Gasteiger partial charge in [0.1, 0.15) is 5.01 Å². The van der Waals surface area contributed by atoms with Gasteiger partial charge in [0.05, 0.1) is 31.2 Å². The van der Waals surface area contributed by atoms with Crippen molar-refractivity contribution in [1.82, 2.24) is 14.5 Å². The second kappa shape index (κ2) is 9.46. The van der Waals surface area contributed by atoms with Gasteiger partial charge in [0, 0.05) is 35.1 Å². The van der Waals surface area contributed by atoms with Crippen LogP contribution in [0.15, 0.2) is 48.0 Å². The topological polar surface area (TPSA) is 92.3 Å². The van der Waals surface area contributed by atoms with Gasteiger partial charge in [-0.15, -0.1) is 11.3 Å². The maximum atomic E-state index is 12.1. The molecule has 0 aliphatic rings. The van der Waals surface area contributed by atoms with Crippen LogP contribution in [0.25, 0.3) is 22.0 Å². The SMILES string of the molecule is COc1ccc(CCn2c(-c3csc(-c4ccc(C)nc4)n3)cc(C(N)=O)c2C)cc1OC. The minimum absolute atomic E-state index is 0.447. The lowest BCUT2D eigenvalue weighted by Crippen LogP contribution is -2.13. The Morgan fingerprint density at radius 2 is 1.88 bits per heavy atom. The zero-order valence-corrected chi connectivity index (χ0v) is 19.9. The largest absolute Gasteiger partial charge is 0.493 e. The standard InChI is InChI=1S/C25H26N4O3S/c1-15-5-7-18(13-27-15)25-28-20(14-33-25)21-12-19(24(26)30)16(2)29(21)10-9-17-6-8-22(31-3)23(11-17)32-4/h5-8,11-14H,9-10H2,1-4H3,(H2,26,30). The van der Waals surface area contributed by atoms with E-state index in [0.29, 0.717) is 23.6 Å². The number of amides is 1. The Labute approximate surface area is 196 Å². The van der Waals surface area contributed by atoms with Crippen molar-refractivity contribution in [2.24, 2.45) is 5.73 Å². The number of benzene rings is 1. The minimum Gasteiger partial charge on any atom is -0.493 e. The Kier molecular flexibility index (Phi) is 6.46. The van der Waals surface area contributed by atoms with Gasteiger partial charge in [0.2, 0.25) is 0 Å². The van der Waals surface area contributed by atoms with Crippen LogP contribution in [0.4, 0.5) is 0 Å². The molecule has 0 radical (unpaired) electrons. The summed E-state index contributed by atoms with van der Waals surface area (Å²) in [5.41, 5.74) is 11.7. The van der Waals surface area contributed by atoms with Crippen molar-refractivity contribution >= 4 is 17.2 Å². The molecule has 0 bridgehead atoms. The van der Waals surface area contributed by atoms with E-state index in [4.69, 9.17) is 20.2 Å². The molecule has 8 heteroatoms. The third kappa shape index (κ3) is 4.61. The lowest BCUT2D eigenvalue weighted by molar-refractivity contribution is 0.0999. The molecule has 0 atom stereocenters. The second-order valence-corrected chi connectivity index (χ2v) is 8.57. The van der Waals surface area contributed by atoms with Crippen LogP contribution >= 0.6 is 11.3 Å². The predicted molar refractivity (Wildman–Crippen MR) is 130 cm³/mol. The molecule has 7 nitrogen and oxygen atoms in total. The van der Waals surface area contributed by atoms with Gasteiger partial charge in [-0.2, -0.15) is 0 Å². The lowest BCUT2D eigenvalue weighted by Gasteiger charge is -2.13. The summed E-state index contributed by atoms with van der Waals surface area (Å²) in [4.78, 5) is 21.3. The van der Waals surface area contributed by atoms with Crippen LogP contribution in [-0.4, -0.2) is 34.7 Å². The Bertz CT molecular complexity index is 1290. The molecule has 1 aromatic carbocycles. The molecule has 2 N–H and O–H groups in total. The van der Waals surface area contributed by atoms with Gasteiger partial charge < -0.3 is 19.8 Å². The van der Waals surface area contributed by atoms with Crippen LogP contribution in [0.1, 0.15) is 27.3 Å². The van der Waals surface area contributed by atoms with E-state index in [1.54, 1.807) is 25.6 Å². The zero-order valence-electron chi connectivity index (χ0n) is 19.1. The number of aryl methyl sites for hydroxylation is 2. The molecule has 0 aliphatic carbocycles. The van der Waals surface area contributed by atoms with Crippen LogP contribution in [-0.2, 0) is 13.0 Å². The number of nitrogens with zero attached hydrogens (tertiary/aromatic N) is 3. The van der Waals surface area contributed by atoms with Gasteiger partial charge in [0.15, 0.2) is 11.5 Å². The Balaban J connectivity index is 1.67. The monoisotopic (exact) mass is 462 g/mol. The highest BCUT2D eigenvalue weighted by Gasteiger charge is 2.19. The molecular weight excluding hydrogens is 436 g/mol. The maximum absolute atomic E-state index is 12.1. The summed E-state index contributed by atoms with van der Waals surface area (Å²) in [7, 11) is 3.24. The van der Waals surface area contributed by atoms with E-state index in [2.05, 4.69) is 9.55 Å². The van der Waals surface area contributed by atoms with E-state index in [1.807, 2.05) is 61.8 Å². The quantitative estimate of drug-likeness (QED) is 0.411. The van der Waals surface area contributed by atoms with Gasteiger partial charge in [-0.25, -0.2) is 4.98 Å². The van der Waals surface area contributed by atoms with Gasteiger partial charge >= 0.3 is 0 Å². The summed E-state index contributed by atoms with van der Waals surface area (Å²) in [5, 5.41) is 2.88. The highest BCUT2D eigenvalue weighted by molar-refractivity contribution is 7.13. The molecule has 1 amide bonds. The number of aromatic nitrogens is 3. The van der Waals surface area contributed by atoms with Crippen LogP contribution < -0.4 is 15.2 Å². The van der Waals surface area contributed by atoms with E-state index >= 15 is 0 Å². The Morgan fingerprint density at radius 1 is 1.09 bits per heavy atom. The average Bonchev–Trinajstić information content (AvgIpc) is 3.42. The highest BCUT2D eigenvalue weighted by Crippen LogP contribution is 2.32. The van der Waals surface area contributed by atoms with Crippen LogP contribution in [0.5, 0.6) is 11.5 Å². The number of methoxy groups -OCH3 is 2. The molecular formula is C25H26N4O3S. The number of carbonyl (C=O) groups excluding carboxylic acids is 1. The first-order chi connectivity index (χ1) is 15.9. The number of hydrogen-bond acceptors (Lipinski definition) is 6. The number of nitrogens with two attached hydrogens (primary N) is 1. The molecule has 0 unspecified atom stereocenters. The second-order valence-electron chi connectivity index (χ2n) is 7.71. The third-order valence-electron chi connectivity index (χ3n) is 5.63. The fourth-order valence-electron chi connectivity index (χ4n) is 3.79. The first kappa shape index (κ1) is 22.5. The van der Waals surface area contributed by atoms with E-state index in [0.717, 1.165) is 45.3 Å². The van der Waals surface area contributed by atoms with Crippen LogP contribution in [0, 0.1) is 13.8 Å². The van der Waals surface area contributed by atoms with Crippen molar-refractivity contribution in [2.45, 2.75) is 26.8 Å². The number of ether oxygens (including phenoxy) is 2. The van der Waals surface area contributed by atoms with Crippen LogP contribution in [0.3, 0.4) is 0 Å². The fourth-order valence-corrected chi connectivity index (χ4v) is 4.59. The smallest absolute Gasteiger partial charge is 0.250 e. The van der Waals surface area contributed by atoms with Gasteiger partial charge in [-0.3, -0.25) is 9.78 Å². The molecule has 0 fully saturated rings. The van der Waals surface area contributed by atoms with E-state index < -0.39 is 5.91 Å². The molecule has 0 aliphatic heterocycles. The lowest BCUT2D eigenvalue weighted by atomic mass is 10.1. The maximum Gasteiger partial charge on any atom is 0.250 e. The number of thiazole rings is 1. The average molecular weight is 463 g/mol. The molecule has 33 heavy (non-hydrogen) atoms. The number of rotatable bonds is 8. The van der Waals surface area contributed by atoms with Gasteiger partial charge in [0.25, 0.3) is 5.91 Å². The first-order valence-corrected chi connectivity index (χ1v) is 11.4. The van der Waals surface area contributed by atoms with Crippen LogP contribution in [0.2, 0.25) is 0 Å². The molecule has 3 heterocycles. The Morgan fingerprint density at radius 3 is 2.55 bits per heavy atom. The summed E-state index contributed by atoms with van der Waals surface area (Å²) < 4.78 is 12.9. The third-order valence-corrected chi connectivity index (χ3v) is 6.52. The van der Waals surface area contributed by atoms with Crippen molar-refractivity contribution in [3.8, 4) is 33.5 Å². The number of pyridine rings is 1. The molecule has 4 rings (SSSR count). The first-order valence-electron chi connectivity index (χ1n) is 10.5. The van der Waals surface area contributed by atoms with Crippen molar-refractivity contribution < 1.29 is 14.3 Å². The summed E-state index contributed by atoms with van der Waals surface area (Å²) >= 11 is 1.55. The summed E-state index contributed by atoms with van der Waals surface area (Å²) in [5.74, 6) is 0.931. The van der Waals surface area contributed by atoms with Gasteiger partial charge in [-0.1, -0.05) is 6.07 Å². The summed E-state index contributed by atoms with van der Waals surface area (Å²) in [6.45, 7) is 4.52. The van der Waals surface area contributed by atoms with Crippen molar-refractivity contribution in [2.75, 3.05) is 14.2 Å². The summed E-state index contributed by atoms with van der Waals surface area (Å²) in [6.07, 6.45) is 2.56. The molecule has 170 valence electrons. The van der Waals surface area contributed by atoms with E-state index in [1.165, 1.54) is 0 Å². The van der Waals surface area contributed by atoms with Crippen molar-refractivity contribution in [1.29, 1.82) is 0 Å². The minimum atomic E-state index is -0.447. The van der Waals surface area contributed by atoms with Crippen molar-refractivity contribution in [3.63, 3.8) is 0 Å². The Hall–Kier alpha value is -3.65. The molecule has 0 saturated heterocycles. The normalized spacial score (nSPS) is 10.9. The van der Waals surface area contributed by atoms with Crippen molar-refractivity contribution in [3.05, 3.63) is 70.5 Å². The highest BCUT2D eigenvalue weighted by atomic mass is 32.1. The summed E-state index contributed by atoms with van der Waals surface area (Å²) in [6, 6.07) is 11.7. The predicted octanol–water partition coefficient (Wildman–Crippen LogP) is 4.65. The number of carbonyl (C=O) groups is 1. The molecule has 0 saturated carbocycles. The molecule has 3 aromatic heterocycles. The molecule has 0 spiro atoms. The van der Waals surface area contributed by atoms with Gasteiger partial charge in [-0.05, 0) is 56.2 Å².